The zero-order valence-corrected chi connectivity index (χ0v) is 8.82. The van der Waals surface area contributed by atoms with Gasteiger partial charge in [-0.1, -0.05) is 17.3 Å². The molecule has 0 aliphatic rings. The van der Waals surface area contributed by atoms with Gasteiger partial charge in [0.05, 0.1) is 6.20 Å². The van der Waals surface area contributed by atoms with Crippen LogP contribution in [0.25, 0.3) is 11.1 Å². The number of hydrogen-bond donors (Lipinski definition) is 1. The molecule has 2 aromatic rings. The average molecular weight is 220 g/mol. The molecule has 1 aromatic heterocycles. The Morgan fingerprint density at radius 1 is 1.38 bits per heavy atom. The van der Waals surface area contributed by atoms with E-state index in [1.165, 1.54) is 12.1 Å². The van der Waals surface area contributed by atoms with E-state index in [-0.39, 0.29) is 5.82 Å². The fraction of sp³-hybridized carbons (Fsp3) is 0.250. The molecule has 0 unspecified atom stereocenters. The van der Waals surface area contributed by atoms with Gasteiger partial charge in [0.2, 0.25) is 0 Å². The van der Waals surface area contributed by atoms with Gasteiger partial charge in [-0.3, -0.25) is 0 Å². The Labute approximate surface area is 93.1 Å². The fourth-order valence-corrected chi connectivity index (χ4v) is 1.60. The minimum absolute atomic E-state index is 0.261. The normalized spacial score (nSPS) is 10.6. The lowest BCUT2D eigenvalue weighted by Crippen LogP contribution is -2.00. The molecule has 2 rings (SSSR count). The Bertz CT molecular complexity index is 468. The molecule has 3 nitrogen and oxygen atoms in total. The van der Waals surface area contributed by atoms with Crippen molar-refractivity contribution in [3.05, 3.63) is 42.0 Å². The minimum Gasteiger partial charge on any atom is -0.361 e. The number of nitrogens with two attached hydrogens (primary N) is 1. The highest BCUT2D eigenvalue weighted by atomic mass is 19.1. The highest BCUT2D eigenvalue weighted by Gasteiger charge is 2.10. The molecular weight excluding hydrogens is 207 g/mol. The lowest BCUT2D eigenvalue weighted by Gasteiger charge is -2.00. The molecule has 16 heavy (non-hydrogen) atoms. The third-order valence-electron chi connectivity index (χ3n) is 2.39. The molecule has 0 aliphatic heterocycles. The zero-order chi connectivity index (χ0) is 11.4. The van der Waals surface area contributed by atoms with Crippen molar-refractivity contribution in [1.82, 2.24) is 5.16 Å². The van der Waals surface area contributed by atoms with Crippen LogP contribution in [0, 0.1) is 5.82 Å². The Morgan fingerprint density at radius 3 is 3.00 bits per heavy atom. The molecule has 84 valence electrons. The summed E-state index contributed by atoms with van der Waals surface area (Å²) in [6.07, 6.45) is 3.17. The molecule has 0 bridgehead atoms. The fourth-order valence-electron chi connectivity index (χ4n) is 1.60. The van der Waals surface area contributed by atoms with E-state index in [0.717, 1.165) is 29.7 Å². The monoisotopic (exact) mass is 220 g/mol. The molecule has 0 aliphatic carbocycles. The third kappa shape index (κ3) is 2.28. The van der Waals surface area contributed by atoms with E-state index < -0.39 is 0 Å². The standard InChI is InChI=1S/C12H13FN2O/c13-10-4-1-3-9(7-10)11-8-15-16-12(11)5-2-6-14/h1,3-4,7-8H,2,5-6,14H2. The molecule has 0 fully saturated rings. The third-order valence-corrected chi connectivity index (χ3v) is 2.39. The van der Waals surface area contributed by atoms with Gasteiger partial charge >= 0.3 is 0 Å². The Balaban J connectivity index is 2.29. The Hall–Kier alpha value is -1.68. The van der Waals surface area contributed by atoms with E-state index in [2.05, 4.69) is 5.16 Å². The van der Waals surface area contributed by atoms with Crippen LogP contribution in [-0.2, 0) is 6.42 Å². The van der Waals surface area contributed by atoms with Crippen molar-refractivity contribution in [2.24, 2.45) is 5.73 Å². The van der Waals surface area contributed by atoms with E-state index in [1.54, 1.807) is 12.3 Å². The van der Waals surface area contributed by atoms with Crippen LogP contribution in [0.2, 0.25) is 0 Å². The predicted octanol–water partition coefficient (Wildman–Crippen LogP) is 2.37. The molecule has 0 saturated heterocycles. The van der Waals surface area contributed by atoms with Gasteiger partial charge in [0.15, 0.2) is 0 Å². The molecule has 1 heterocycles. The van der Waals surface area contributed by atoms with Crippen LogP contribution in [-0.4, -0.2) is 11.7 Å². The van der Waals surface area contributed by atoms with Crippen LogP contribution >= 0.6 is 0 Å². The number of benzene rings is 1. The van der Waals surface area contributed by atoms with E-state index in [1.807, 2.05) is 6.07 Å². The van der Waals surface area contributed by atoms with E-state index >= 15 is 0 Å². The maximum absolute atomic E-state index is 13.1. The summed E-state index contributed by atoms with van der Waals surface area (Å²) in [7, 11) is 0. The topological polar surface area (TPSA) is 52.0 Å². The molecular formula is C12H13FN2O. The Kier molecular flexibility index (Phi) is 3.31. The lowest BCUT2D eigenvalue weighted by atomic mass is 10.0. The molecule has 1 aromatic carbocycles. The van der Waals surface area contributed by atoms with Gasteiger partial charge in [-0.05, 0) is 30.7 Å². The van der Waals surface area contributed by atoms with Crippen LogP contribution in [0.5, 0.6) is 0 Å². The summed E-state index contributed by atoms with van der Waals surface area (Å²) < 4.78 is 18.2. The smallest absolute Gasteiger partial charge is 0.144 e. The molecule has 0 spiro atoms. The van der Waals surface area contributed by atoms with E-state index in [4.69, 9.17) is 10.3 Å². The van der Waals surface area contributed by atoms with Crippen LogP contribution in [0.1, 0.15) is 12.2 Å². The first-order chi connectivity index (χ1) is 7.81. The van der Waals surface area contributed by atoms with Gasteiger partial charge in [0.1, 0.15) is 11.6 Å². The predicted molar refractivity (Wildman–Crippen MR) is 59.3 cm³/mol. The summed E-state index contributed by atoms with van der Waals surface area (Å²) in [4.78, 5) is 0. The number of aromatic nitrogens is 1. The second-order valence-corrected chi connectivity index (χ2v) is 3.57. The molecule has 4 heteroatoms. The highest BCUT2D eigenvalue weighted by molar-refractivity contribution is 5.64. The zero-order valence-electron chi connectivity index (χ0n) is 8.82. The number of hydrogen-bond acceptors (Lipinski definition) is 3. The summed E-state index contributed by atoms with van der Waals surface area (Å²) >= 11 is 0. The van der Waals surface area contributed by atoms with Crippen molar-refractivity contribution in [2.45, 2.75) is 12.8 Å². The van der Waals surface area contributed by atoms with Gasteiger partial charge in [0, 0.05) is 12.0 Å². The summed E-state index contributed by atoms with van der Waals surface area (Å²) in [5, 5.41) is 3.74. The summed E-state index contributed by atoms with van der Waals surface area (Å²) in [5.41, 5.74) is 7.06. The Morgan fingerprint density at radius 2 is 2.25 bits per heavy atom. The molecule has 0 atom stereocenters. The van der Waals surface area contributed by atoms with E-state index in [9.17, 15) is 4.39 Å². The molecule has 0 saturated carbocycles. The molecule has 0 radical (unpaired) electrons. The van der Waals surface area contributed by atoms with Gasteiger partial charge in [0.25, 0.3) is 0 Å². The lowest BCUT2D eigenvalue weighted by molar-refractivity contribution is 0.382. The first kappa shape index (κ1) is 10.8. The van der Waals surface area contributed by atoms with Crippen molar-refractivity contribution in [2.75, 3.05) is 6.54 Å². The number of halogens is 1. The van der Waals surface area contributed by atoms with Crippen LogP contribution in [0.3, 0.4) is 0 Å². The average Bonchev–Trinajstić information content (AvgIpc) is 2.74. The van der Waals surface area contributed by atoms with Crippen molar-refractivity contribution in [3.63, 3.8) is 0 Å². The minimum atomic E-state index is -0.261. The second-order valence-electron chi connectivity index (χ2n) is 3.57. The number of rotatable bonds is 4. The highest BCUT2D eigenvalue weighted by Crippen LogP contribution is 2.24. The summed E-state index contributed by atoms with van der Waals surface area (Å²) in [5.74, 6) is 0.500. The van der Waals surface area contributed by atoms with Crippen LogP contribution < -0.4 is 5.73 Å². The quantitative estimate of drug-likeness (QED) is 0.860. The largest absolute Gasteiger partial charge is 0.361 e. The first-order valence-electron chi connectivity index (χ1n) is 5.21. The number of aryl methyl sites for hydroxylation is 1. The summed E-state index contributed by atoms with van der Waals surface area (Å²) in [6.45, 7) is 0.600. The van der Waals surface area contributed by atoms with Crippen LogP contribution in [0.4, 0.5) is 4.39 Å². The number of nitrogens with zero attached hydrogens (tertiary/aromatic N) is 1. The molecule has 0 amide bonds. The van der Waals surface area contributed by atoms with Gasteiger partial charge in [-0.25, -0.2) is 4.39 Å². The van der Waals surface area contributed by atoms with Crippen molar-refractivity contribution in [3.8, 4) is 11.1 Å². The molecule has 2 N–H and O–H groups in total. The second kappa shape index (κ2) is 4.90. The van der Waals surface area contributed by atoms with Crippen LogP contribution in [0.15, 0.2) is 35.0 Å². The van der Waals surface area contributed by atoms with E-state index in [0.29, 0.717) is 6.54 Å². The van der Waals surface area contributed by atoms with Crippen molar-refractivity contribution in [1.29, 1.82) is 0 Å². The maximum Gasteiger partial charge on any atom is 0.144 e. The van der Waals surface area contributed by atoms with Crippen molar-refractivity contribution >= 4 is 0 Å². The maximum atomic E-state index is 13.1. The first-order valence-corrected chi connectivity index (χ1v) is 5.21. The van der Waals surface area contributed by atoms with Gasteiger partial charge in [-0.15, -0.1) is 0 Å². The SMILES string of the molecule is NCCCc1oncc1-c1cccc(F)c1. The summed E-state index contributed by atoms with van der Waals surface area (Å²) in [6, 6.07) is 6.39. The van der Waals surface area contributed by atoms with Crippen molar-refractivity contribution < 1.29 is 8.91 Å². The van der Waals surface area contributed by atoms with Gasteiger partial charge in [-0.2, -0.15) is 0 Å². The van der Waals surface area contributed by atoms with Gasteiger partial charge < -0.3 is 10.3 Å².